The minimum Gasteiger partial charge on any atom is -0.381 e. The molecule has 1 saturated heterocycles. The number of nitrogens with zero attached hydrogens (tertiary/aromatic N) is 4. The van der Waals surface area contributed by atoms with Crippen molar-refractivity contribution in [2.75, 3.05) is 26.0 Å². The zero-order valence-electron chi connectivity index (χ0n) is 13.8. The molecular formula is C14H26N4O3S. The van der Waals surface area contributed by atoms with Gasteiger partial charge in [-0.1, -0.05) is 0 Å². The Morgan fingerprint density at radius 3 is 2.73 bits per heavy atom. The van der Waals surface area contributed by atoms with Gasteiger partial charge < -0.3 is 4.74 Å². The lowest BCUT2D eigenvalue weighted by atomic mass is 10.00. The van der Waals surface area contributed by atoms with Gasteiger partial charge >= 0.3 is 0 Å². The van der Waals surface area contributed by atoms with Crippen molar-refractivity contribution in [3.05, 3.63) is 11.6 Å². The fraction of sp³-hybridized carbons (Fsp3) is 0.857. The van der Waals surface area contributed by atoms with Crippen LogP contribution in [0.2, 0.25) is 0 Å². The Morgan fingerprint density at radius 1 is 1.41 bits per heavy atom. The van der Waals surface area contributed by atoms with Crippen LogP contribution in [0, 0.1) is 19.8 Å². The Balaban J connectivity index is 2.01. The average Bonchev–Trinajstić information content (AvgIpc) is 2.76. The number of piperidine rings is 1. The maximum Gasteiger partial charge on any atom is 0.216 e. The summed E-state index contributed by atoms with van der Waals surface area (Å²) in [5.74, 6) is 1.95. The fourth-order valence-electron chi connectivity index (χ4n) is 2.88. The molecule has 126 valence electrons. The molecule has 22 heavy (non-hydrogen) atoms. The molecule has 0 radical (unpaired) electrons. The summed E-state index contributed by atoms with van der Waals surface area (Å²) in [4.78, 5) is 4.30. The predicted molar refractivity (Wildman–Crippen MR) is 84.1 cm³/mol. The van der Waals surface area contributed by atoms with Crippen LogP contribution in [-0.4, -0.2) is 59.5 Å². The van der Waals surface area contributed by atoms with Gasteiger partial charge in [-0.15, -0.1) is 0 Å². The Hall–Kier alpha value is -0.990. The highest BCUT2D eigenvalue weighted by Crippen LogP contribution is 2.21. The maximum atomic E-state index is 12.4. The van der Waals surface area contributed by atoms with Crippen molar-refractivity contribution in [3.8, 4) is 0 Å². The van der Waals surface area contributed by atoms with Gasteiger partial charge in [0.05, 0.1) is 11.9 Å². The molecule has 7 nitrogen and oxygen atoms in total. The summed E-state index contributed by atoms with van der Waals surface area (Å²) in [5.41, 5.74) is 0. The van der Waals surface area contributed by atoms with Crippen molar-refractivity contribution in [2.24, 2.45) is 5.92 Å². The van der Waals surface area contributed by atoms with Crippen LogP contribution in [0.5, 0.6) is 0 Å². The molecule has 1 aromatic heterocycles. The molecular weight excluding hydrogens is 304 g/mol. The lowest BCUT2D eigenvalue weighted by molar-refractivity contribution is 0.134. The van der Waals surface area contributed by atoms with E-state index in [9.17, 15) is 8.42 Å². The van der Waals surface area contributed by atoms with Gasteiger partial charge in [-0.05, 0) is 39.5 Å². The van der Waals surface area contributed by atoms with E-state index >= 15 is 0 Å². The number of hydrogen-bond donors (Lipinski definition) is 0. The summed E-state index contributed by atoms with van der Waals surface area (Å²) >= 11 is 0. The van der Waals surface area contributed by atoms with E-state index in [1.165, 1.54) is 7.11 Å². The minimum atomic E-state index is -3.26. The zero-order chi connectivity index (χ0) is 16.3. The Labute approximate surface area is 132 Å². The van der Waals surface area contributed by atoms with E-state index in [1.807, 2.05) is 18.5 Å². The normalized spacial score (nSPS) is 21.9. The van der Waals surface area contributed by atoms with Crippen LogP contribution < -0.4 is 0 Å². The molecule has 0 amide bonds. The number of aromatic nitrogens is 3. The van der Waals surface area contributed by atoms with Crippen LogP contribution in [0.4, 0.5) is 0 Å². The monoisotopic (exact) mass is 330 g/mol. The molecule has 0 unspecified atom stereocenters. The largest absolute Gasteiger partial charge is 0.381 e. The van der Waals surface area contributed by atoms with Gasteiger partial charge in [0.25, 0.3) is 0 Å². The molecule has 0 saturated carbocycles. The molecule has 2 heterocycles. The van der Waals surface area contributed by atoms with Gasteiger partial charge in [0.1, 0.15) is 11.6 Å². The van der Waals surface area contributed by atoms with Gasteiger partial charge in [0.15, 0.2) is 0 Å². The molecule has 2 atom stereocenters. The summed E-state index contributed by atoms with van der Waals surface area (Å²) in [6.45, 7) is 7.45. The number of rotatable bonds is 6. The summed E-state index contributed by atoms with van der Waals surface area (Å²) in [6, 6.07) is 0. The molecule has 0 N–H and O–H groups in total. The molecule has 0 bridgehead atoms. The number of hydrogen-bond acceptors (Lipinski definition) is 5. The lowest BCUT2D eigenvalue weighted by Gasteiger charge is -2.32. The number of aryl methyl sites for hydroxylation is 2. The molecule has 1 aliphatic heterocycles. The third-order valence-corrected chi connectivity index (χ3v) is 6.13. The van der Waals surface area contributed by atoms with Crippen molar-refractivity contribution >= 4 is 10.0 Å². The lowest BCUT2D eigenvalue weighted by Crippen LogP contribution is -2.43. The van der Waals surface area contributed by atoms with Gasteiger partial charge in [-0.25, -0.2) is 22.4 Å². The quantitative estimate of drug-likeness (QED) is 0.777. The first-order valence-corrected chi connectivity index (χ1v) is 9.31. The molecule has 2 rings (SSSR count). The van der Waals surface area contributed by atoms with Crippen molar-refractivity contribution in [1.29, 1.82) is 0 Å². The van der Waals surface area contributed by atoms with E-state index in [1.54, 1.807) is 11.2 Å². The third-order valence-electron chi connectivity index (χ3n) is 4.12. The molecule has 0 aromatic carbocycles. The zero-order valence-corrected chi connectivity index (χ0v) is 14.6. The molecule has 1 aromatic rings. The summed E-state index contributed by atoms with van der Waals surface area (Å²) in [6.07, 6.45) is 1.62. The predicted octanol–water partition coefficient (Wildman–Crippen LogP) is 0.972. The summed E-state index contributed by atoms with van der Waals surface area (Å²) < 4.78 is 33.4. The number of methoxy groups -OCH3 is 1. The second kappa shape index (κ2) is 7.06. The second-order valence-electron chi connectivity index (χ2n) is 6.08. The van der Waals surface area contributed by atoms with Crippen molar-refractivity contribution in [3.63, 3.8) is 0 Å². The van der Waals surface area contributed by atoms with Crippen molar-refractivity contribution < 1.29 is 13.2 Å². The molecule has 0 aliphatic carbocycles. The van der Waals surface area contributed by atoms with Crippen LogP contribution in [0.1, 0.15) is 31.4 Å². The Kier molecular flexibility index (Phi) is 5.57. The SMILES string of the molecule is CO[C@@H](C)CS(=O)(=O)N1CCC[C@@H](Cn2nc(C)nc2C)C1. The first-order chi connectivity index (χ1) is 10.3. The van der Waals surface area contributed by atoms with Gasteiger partial charge in [0.2, 0.25) is 10.0 Å². The van der Waals surface area contributed by atoms with Gasteiger partial charge in [-0.3, -0.25) is 0 Å². The van der Waals surface area contributed by atoms with Gasteiger partial charge in [-0.2, -0.15) is 5.10 Å². The summed E-state index contributed by atoms with van der Waals surface area (Å²) in [7, 11) is -1.73. The second-order valence-corrected chi connectivity index (χ2v) is 8.09. The number of ether oxygens (including phenoxy) is 1. The maximum absolute atomic E-state index is 12.4. The van der Waals surface area contributed by atoms with Crippen molar-refractivity contribution in [2.45, 2.75) is 46.3 Å². The Morgan fingerprint density at radius 2 is 2.14 bits per heavy atom. The van der Waals surface area contributed by atoms with Crippen LogP contribution in [0.3, 0.4) is 0 Å². The first-order valence-electron chi connectivity index (χ1n) is 7.70. The topological polar surface area (TPSA) is 77.3 Å². The highest BCUT2D eigenvalue weighted by molar-refractivity contribution is 7.89. The van der Waals surface area contributed by atoms with E-state index in [0.717, 1.165) is 31.0 Å². The minimum absolute atomic E-state index is 0.0394. The highest BCUT2D eigenvalue weighted by Gasteiger charge is 2.30. The van der Waals surface area contributed by atoms with Crippen LogP contribution in [-0.2, 0) is 21.3 Å². The van der Waals surface area contributed by atoms with Crippen LogP contribution in [0.25, 0.3) is 0 Å². The smallest absolute Gasteiger partial charge is 0.216 e. The molecule has 8 heteroatoms. The third kappa shape index (κ3) is 4.27. The van der Waals surface area contributed by atoms with E-state index in [4.69, 9.17) is 4.74 Å². The molecule has 1 fully saturated rings. The van der Waals surface area contributed by atoms with E-state index < -0.39 is 10.0 Å². The van der Waals surface area contributed by atoms with Crippen LogP contribution in [0.15, 0.2) is 0 Å². The van der Waals surface area contributed by atoms with Gasteiger partial charge in [0, 0.05) is 26.7 Å². The van der Waals surface area contributed by atoms with Crippen LogP contribution >= 0.6 is 0 Å². The average molecular weight is 330 g/mol. The summed E-state index contributed by atoms with van der Waals surface area (Å²) in [5, 5.41) is 4.37. The first kappa shape index (κ1) is 17.4. The highest BCUT2D eigenvalue weighted by atomic mass is 32.2. The molecule has 1 aliphatic rings. The standard InChI is InChI=1S/C14H26N4O3S/c1-11(21-4)10-22(19,20)17-7-5-6-14(8-17)9-18-13(3)15-12(2)16-18/h11,14H,5-10H2,1-4H3/t11-,14+/m0/s1. The number of sulfonamides is 1. The Bertz CT molecular complexity index is 599. The van der Waals surface area contributed by atoms with E-state index in [0.29, 0.717) is 13.1 Å². The fourth-order valence-corrected chi connectivity index (χ4v) is 4.66. The molecule has 0 spiro atoms. The van der Waals surface area contributed by atoms with E-state index in [-0.39, 0.29) is 17.8 Å². The van der Waals surface area contributed by atoms with Crippen molar-refractivity contribution in [1.82, 2.24) is 19.1 Å². The van der Waals surface area contributed by atoms with E-state index in [2.05, 4.69) is 10.1 Å².